The zero-order valence-corrected chi connectivity index (χ0v) is 14.8. The zero-order chi connectivity index (χ0) is 18.2. The summed E-state index contributed by atoms with van der Waals surface area (Å²) in [6, 6.07) is 1.13. The topological polar surface area (TPSA) is 64.4 Å². The average molecular weight is 335 g/mol. The van der Waals surface area contributed by atoms with Crippen LogP contribution in [0.4, 0.5) is 10.2 Å². The van der Waals surface area contributed by atoms with Crippen molar-refractivity contribution in [3.8, 4) is 0 Å². The highest BCUT2D eigenvalue weighted by Crippen LogP contribution is 2.24. The lowest BCUT2D eigenvalue weighted by Gasteiger charge is -2.26. The fourth-order valence-electron chi connectivity index (χ4n) is 2.39. The Bertz CT molecular complexity index is 851. The minimum absolute atomic E-state index is 0.0542. The SMILES string of the molecule is CCOC(=O)c1cn(C(C)(C)C)c2nc(N(C)C)c(F)cc2c1=O. The molecule has 0 fully saturated rings. The number of pyridine rings is 2. The molecule has 7 heteroatoms. The van der Waals surface area contributed by atoms with Crippen LogP contribution in [-0.4, -0.2) is 36.2 Å². The third kappa shape index (κ3) is 3.11. The standard InChI is InChI=1S/C17H22FN3O3/c1-7-24-16(23)11-9-21(17(2,3)4)14-10(13(11)22)8-12(18)15(19-14)20(5)6/h8-9H,7H2,1-6H3. The third-order valence-corrected chi connectivity index (χ3v) is 3.55. The molecule has 0 aliphatic rings. The van der Waals surface area contributed by atoms with Gasteiger partial charge >= 0.3 is 5.97 Å². The van der Waals surface area contributed by atoms with Crippen molar-refractivity contribution >= 4 is 22.8 Å². The van der Waals surface area contributed by atoms with Crippen LogP contribution in [0.5, 0.6) is 0 Å². The number of hydrogen-bond acceptors (Lipinski definition) is 5. The predicted octanol–water partition coefficient (Wildman–Crippen LogP) is 2.53. The van der Waals surface area contributed by atoms with Gasteiger partial charge in [-0.25, -0.2) is 14.2 Å². The molecule has 0 unspecified atom stereocenters. The number of anilines is 1. The smallest absolute Gasteiger partial charge is 0.343 e. The third-order valence-electron chi connectivity index (χ3n) is 3.55. The van der Waals surface area contributed by atoms with Crippen LogP contribution in [0, 0.1) is 5.82 Å². The van der Waals surface area contributed by atoms with Gasteiger partial charge in [0.25, 0.3) is 0 Å². The van der Waals surface area contributed by atoms with Gasteiger partial charge in [-0.1, -0.05) is 0 Å². The molecule has 0 aliphatic carbocycles. The van der Waals surface area contributed by atoms with Crippen molar-refractivity contribution in [3.63, 3.8) is 0 Å². The number of carbonyl (C=O) groups is 1. The van der Waals surface area contributed by atoms with E-state index in [1.807, 2.05) is 20.8 Å². The predicted molar refractivity (Wildman–Crippen MR) is 91.2 cm³/mol. The molecule has 130 valence electrons. The van der Waals surface area contributed by atoms with Gasteiger partial charge in [-0.05, 0) is 33.8 Å². The maximum absolute atomic E-state index is 14.3. The lowest BCUT2D eigenvalue weighted by molar-refractivity contribution is 0.0524. The minimum atomic E-state index is -0.723. The summed E-state index contributed by atoms with van der Waals surface area (Å²) >= 11 is 0. The summed E-state index contributed by atoms with van der Waals surface area (Å²) in [4.78, 5) is 30.6. The van der Waals surface area contributed by atoms with Gasteiger partial charge in [-0.3, -0.25) is 4.79 Å². The van der Waals surface area contributed by atoms with Crippen LogP contribution in [-0.2, 0) is 10.3 Å². The van der Waals surface area contributed by atoms with Crippen molar-refractivity contribution in [2.75, 3.05) is 25.6 Å². The molecule has 24 heavy (non-hydrogen) atoms. The van der Waals surface area contributed by atoms with E-state index in [4.69, 9.17) is 4.74 Å². The quantitative estimate of drug-likeness (QED) is 0.807. The highest BCUT2D eigenvalue weighted by molar-refractivity contribution is 5.93. The first-order valence-electron chi connectivity index (χ1n) is 7.68. The molecule has 2 aromatic heterocycles. The molecule has 0 spiro atoms. The van der Waals surface area contributed by atoms with E-state index >= 15 is 0 Å². The molecule has 0 saturated heterocycles. The van der Waals surface area contributed by atoms with Gasteiger partial charge in [0.05, 0.1) is 12.0 Å². The van der Waals surface area contributed by atoms with Gasteiger partial charge < -0.3 is 14.2 Å². The summed E-state index contributed by atoms with van der Waals surface area (Å²) in [5.74, 6) is -1.21. The summed E-state index contributed by atoms with van der Waals surface area (Å²) in [7, 11) is 3.34. The van der Waals surface area contributed by atoms with Crippen molar-refractivity contribution in [1.29, 1.82) is 0 Å². The lowest BCUT2D eigenvalue weighted by atomic mass is 10.1. The van der Waals surface area contributed by atoms with Gasteiger partial charge in [0.15, 0.2) is 11.6 Å². The van der Waals surface area contributed by atoms with Gasteiger partial charge in [-0.15, -0.1) is 0 Å². The molecule has 0 radical (unpaired) electrons. The maximum atomic E-state index is 14.3. The Balaban J connectivity index is 2.93. The second kappa shape index (κ2) is 6.22. The molecule has 0 aromatic carbocycles. The number of hydrogen-bond donors (Lipinski definition) is 0. The first kappa shape index (κ1) is 17.9. The molecule has 6 nitrogen and oxygen atoms in total. The Hall–Kier alpha value is -2.44. The van der Waals surface area contributed by atoms with E-state index in [1.165, 1.54) is 11.1 Å². The molecular weight excluding hydrogens is 313 g/mol. The number of aromatic nitrogens is 2. The van der Waals surface area contributed by atoms with E-state index in [1.54, 1.807) is 25.6 Å². The molecule has 0 N–H and O–H groups in total. The number of halogens is 1. The van der Waals surface area contributed by atoms with Crippen molar-refractivity contribution < 1.29 is 13.9 Å². The summed E-state index contributed by atoms with van der Waals surface area (Å²) < 4.78 is 20.9. The zero-order valence-electron chi connectivity index (χ0n) is 14.8. The molecule has 0 atom stereocenters. The van der Waals surface area contributed by atoms with E-state index in [0.29, 0.717) is 5.65 Å². The first-order chi connectivity index (χ1) is 11.1. The fraction of sp³-hybridized carbons (Fsp3) is 0.471. The second-order valence-corrected chi connectivity index (χ2v) is 6.69. The van der Waals surface area contributed by atoms with E-state index in [0.717, 1.165) is 6.07 Å². The molecule has 0 aliphatic heterocycles. The fourth-order valence-corrected chi connectivity index (χ4v) is 2.39. The highest BCUT2D eigenvalue weighted by atomic mass is 19.1. The van der Waals surface area contributed by atoms with Gasteiger partial charge in [0.1, 0.15) is 11.2 Å². The van der Waals surface area contributed by atoms with E-state index in [9.17, 15) is 14.0 Å². The summed E-state index contributed by atoms with van der Waals surface area (Å²) in [6.45, 7) is 7.54. The maximum Gasteiger partial charge on any atom is 0.343 e. The van der Waals surface area contributed by atoms with Crippen LogP contribution in [0.25, 0.3) is 11.0 Å². The molecular formula is C17H22FN3O3. The number of esters is 1. The molecule has 2 rings (SSSR count). The van der Waals surface area contributed by atoms with Crippen LogP contribution in [0.15, 0.2) is 17.1 Å². The van der Waals surface area contributed by atoms with Crippen molar-refractivity contribution in [2.45, 2.75) is 33.2 Å². The summed E-state index contributed by atoms with van der Waals surface area (Å²) in [6.07, 6.45) is 1.44. The Kier molecular flexibility index (Phi) is 4.64. The molecule has 0 amide bonds. The van der Waals surface area contributed by atoms with Crippen molar-refractivity contribution in [2.24, 2.45) is 0 Å². The van der Waals surface area contributed by atoms with E-state index < -0.39 is 22.8 Å². The van der Waals surface area contributed by atoms with Crippen LogP contribution in [0.1, 0.15) is 38.1 Å². The number of rotatable bonds is 3. The lowest BCUT2D eigenvalue weighted by Crippen LogP contribution is -2.29. The van der Waals surface area contributed by atoms with Crippen LogP contribution in [0.2, 0.25) is 0 Å². The van der Waals surface area contributed by atoms with E-state index in [2.05, 4.69) is 4.98 Å². The van der Waals surface area contributed by atoms with Crippen molar-refractivity contribution in [1.82, 2.24) is 9.55 Å². The molecule has 2 aromatic rings. The Labute approximate surface area is 139 Å². The normalized spacial score (nSPS) is 11.6. The van der Waals surface area contributed by atoms with Crippen molar-refractivity contribution in [3.05, 3.63) is 33.9 Å². The Morgan fingerprint density at radius 3 is 2.50 bits per heavy atom. The molecule has 0 saturated carbocycles. The number of fused-ring (bicyclic) bond motifs is 1. The number of carbonyl (C=O) groups excluding carboxylic acids is 1. The van der Waals surface area contributed by atoms with Crippen LogP contribution >= 0.6 is 0 Å². The molecule has 2 heterocycles. The Morgan fingerprint density at radius 2 is 2.00 bits per heavy atom. The first-order valence-corrected chi connectivity index (χ1v) is 7.68. The molecule has 0 bridgehead atoms. The van der Waals surface area contributed by atoms with Gasteiger partial charge in [0.2, 0.25) is 5.43 Å². The highest BCUT2D eigenvalue weighted by Gasteiger charge is 2.24. The average Bonchev–Trinajstić information content (AvgIpc) is 2.46. The van der Waals surface area contributed by atoms with Crippen LogP contribution < -0.4 is 10.3 Å². The summed E-state index contributed by atoms with van der Waals surface area (Å²) in [5.41, 5.74) is -0.855. The monoisotopic (exact) mass is 335 g/mol. The van der Waals surface area contributed by atoms with Gasteiger partial charge in [0, 0.05) is 25.8 Å². The Morgan fingerprint density at radius 1 is 1.38 bits per heavy atom. The van der Waals surface area contributed by atoms with E-state index in [-0.39, 0.29) is 23.4 Å². The minimum Gasteiger partial charge on any atom is -0.462 e. The van der Waals surface area contributed by atoms with Gasteiger partial charge in [-0.2, -0.15) is 0 Å². The summed E-state index contributed by atoms with van der Waals surface area (Å²) in [5, 5.41) is 0.0542. The number of nitrogens with zero attached hydrogens (tertiary/aromatic N) is 3. The largest absolute Gasteiger partial charge is 0.462 e. The van der Waals surface area contributed by atoms with Crippen LogP contribution in [0.3, 0.4) is 0 Å². The second-order valence-electron chi connectivity index (χ2n) is 6.69. The number of ether oxygens (including phenoxy) is 1.